The second-order valence-corrected chi connectivity index (χ2v) is 7.36. The van der Waals surface area contributed by atoms with Crippen LogP contribution in [0.15, 0.2) is 30.3 Å². The van der Waals surface area contributed by atoms with Crippen molar-refractivity contribution in [3.8, 4) is 5.95 Å². The van der Waals surface area contributed by atoms with E-state index in [2.05, 4.69) is 34.1 Å². The monoisotopic (exact) mass is 377 g/mol. The average Bonchev–Trinajstić information content (AvgIpc) is 2.91. The van der Waals surface area contributed by atoms with Crippen LogP contribution >= 0.6 is 0 Å². The number of nitrogens with zero attached hydrogens (tertiary/aromatic N) is 5. The van der Waals surface area contributed by atoms with E-state index in [0.717, 1.165) is 33.9 Å². The molecule has 0 aliphatic heterocycles. The summed E-state index contributed by atoms with van der Waals surface area (Å²) in [6.45, 7) is 10.4. The summed E-state index contributed by atoms with van der Waals surface area (Å²) in [7, 11) is 1.84. The van der Waals surface area contributed by atoms with Crippen LogP contribution in [0.5, 0.6) is 0 Å². The molecule has 0 fully saturated rings. The summed E-state index contributed by atoms with van der Waals surface area (Å²) >= 11 is 0. The summed E-state index contributed by atoms with van der Waals surface area (Å²) in [5, 5.41) is 4.59. The van der Waals surface area contributed by atoms with Gasteiger partial charge in [-0.1, -0.05) is 24.3 Å². The zero-order chi connectivity index (χ0) is 20.4. The highest BCUT2D eigenvalue weighted by molar-refractivity contribution is 5.79. The van der Waals surface area contributed by atoms with Gasteiger partial charge < -0.3 is 4.90 Å². The number of aromatic nitrogens is 4. The molecule has 0 aliphatic rings. The van der Waals surface area contributed by atoms with Crippen LogP contribution in [-0.2, 0) is 17.8 Å². The molecular formula is C22H27N5O. The first-order valence-electron chi connectivity index (χ1n) is 9.42. The van der Waals surface area contributed by atoms with Crippen LogP contribution in [0, 0.1) is 34.6 Å². The Morgan fingerprint density at radius 3 is 2.32 bits per heavy atom. The number of amides is 1. The molecule has 3 rings (SSSR count). The van der Waals surface area contributed by atoms with Gasteiger partial charge in [-0.15, -0.1) is 0 Å². The lowest BCUT2D eigenvalue weighted by Crippen LogP contribution is -2.28. The number of rotatable bonds is 5. The molecule has 2 aromatic heterocycles. The quantitative estimate of drug-likeness (QED) is 0.684. The Kier molecular flexibility index (Phi) is 5.58. The van der Waals surface area contributed by atoms with Gasteiger partial charge in [-0.2, -0.15) is 5.10 Å². The van der Waals surface area contributed by atoms with Crippen LogP contribution in [0.4, 0.5) is 0 Å². The molecule has 0 spiro atoms. The van der Waals surface area contributed by atoms with Crippen molar-refractivity contribution in [3.63, 3.8) is 0 Å². The SMILES string of the molecule is Cc1cc(C)nc(-n2nc(C)c(CC(=O)N(C)Cc3ccccc3C)c2C)n1. The molecule has 0 N–H and O–H groups in total. The molecule has 1 amide bonds. The average molecular weight is 377 g/mol. The molecular weight excluding hydrogens is 350 g/mol. The van der Waals surface area contributed by atoms with Crippen LogP contribution < -0.4 is 0 Å². The number of aryl methyl sites for hydroxylation is 4. The number of hydrogen-bond donors (Lipinski definition) is 0. The van der Waals surface area contributed by atoms with Crippen LogP contribution in [-0.4, -0.2) is 37.6 Å². The van der Waals surface area contributed by atoms with Crippen molar-refractivity contribution < 1.29 is 4.79 Å². The van der Waals surface area contributed by atoms with Gasteiger partial charge in [0, 0.05) is 36.2 Å². The molecule has 0 atom stereocenters. The Morgan fingerprint density at radius 2 is 1.68 bits per heavy atom. The van der Waals surface area contributed by atoms with Gasteiger partial charge in [-0.3, -0.25) is 4.79 Å². The van der Waals surface area contributed by atoms with E-state index < -0.39 is 0 Å². The Labute approximate surface area is 166 Å². The van der Waals surface area contributed by atoms with Crippen LogP contribution in [0.25, 0.3) is 5.95 Å². The minimum absolute atomic E-state index is 0.0651. The predicted octanol–water partition coefficient (Wildman–Crippen LogP) is 3.41. The second-order valence-electron chi connectivity index (χ2n) is 7.36. The van der Waals surface area contributed by atoms with Gasteiger partial charge in [-0.05, 0) is 51.8 Å². The summed E-state index contributed by atoms with van der Waals surface area (Å²) in [6.07, 6.45) is 0.310. The molecule has 0 unspecified atom stereocenters. The third kappa shape index (κ3) is 4.11. The standard InChI is InChI=1S/C22H27N5O/c1-14-9-7-8-10-19(14)13-26(6)21(28)12-20-17(4)25-27(18(20)5)22-23-15(2)11-16(3)24-22/h7-11H,12-13H2,1-6H3. The zero-order valence-corrected chi connectivity index (χ0v) is 17.4. The highest BCUT2D eigenvalue weighted by Crippen LogP contribution is 2.18. The lowest BCUT2D eigenvalue weighted by atomic mass is 10.1. The third-order valence-electron chi connectivity index (χ3n) is 5.02. The van der Waals surface area contributed by atoms with Crippen molar-refractivity contribution in [3.05, 3.63) is 69.8 Å². The molecule has 2 heterocycles. The van der Waals surface area contributed by atoms with Gasteiger partial charge in [0.15, 0.2) is 0 Å². The number of likely N-dealkylation sites (N-methyl/N-ethyl adjacent to an activating group) is 1. The fraction of sp³-hybridized carbons (Fsp3) is 0.364. The molecule has 1 aromatic carbocycles. The molecule has 0 saturated carbocycles. The molecule has 146 valence electrons. The smallest absolute Gasteiger partial charge is 0.251 e. The second kappa shape index (κ2) is 7.92. The largest absolute Gasteiger partial charge is 0.341 e. The van der Waals surface area contributed by atoms with Crippen molar-refractivity contribution in [2.45, 2.75) is 47.6 Å². The Bertz CT molecular complexity index is 1000. The van der Waals surface area contributed by atoms with Crippen LogP contribution in [0.2, 0.25) is 0 Å². The molecule has 6 heteroatoms. The third-order valence-corrected chi connectivity index (χ3v) is 5.02. The minimum atomic E-state index is 0.0651. The van der Waals surface area contributed by atoms with Gasteiger partial charge in [0.25, 0.3) is 5.95 Å². The van der Waals surface area contributed by atoms with Crippen molar-refractivity contribution in [2.75, 3.05) is 7.05 Å². The maximum Gasteiger partial charge on any atom is 0.251 e. The minimum Gasteiger partial charge on any atom is -0.341 e. The van der Waals surface area contributed by atoms with E-state index in [1.807, 2.05) is 52.9 Å². The summed E-state index contributed by atoms with van der Waals surface area (Å²) in [6, 6.07) is 10.1. The van der Waals surface area contributed by atoms with Gasteiger partial charge in [0.05, 0.1) is 12.1 Å². The van der Waals surface area contributed by atoms with E-state index in [1.165, 1.54) is 5.56 Å². The van der Waals surface area contributed by atoms with Gasteiger partial charge in [0.1, 0.15) is 0 Å². The van der Waals surface area contributed by atoms with Gasteiger partial charge in [0.2, 0.25) is 5.91 Å². The van der Waals surface area contributed by atoms with Crippen LogP contribution in [0.1, 0.15) is 39.5 Å². The normalized spacial score (nSPS) is 10.9. The Morgan fingerprint density at radius 1 is 1.04 bits per heavy atom. The lowest BCUT2D eigenvalue weighted by molar-refractivity contribution is -0.129. The molecule has 3 aromatic rings. The first-order valence-corrected chi connectivity index (χ1v) is 9.42. The van der Waals surface area contributed by atoms with Crippen molar-refractivity contribution in [1.29, 1.82) is 0 Å². The highest BCUT2D eigenvalue weighted by atomic mass is 16.2. The molecule has 6 nitrogen and oxygen atoms in total. The maximum absolute atomic E-state index is 12.8. The van der Waals surface area contributed by atoms with E-state index in [4.69, 9.17) is 0 Å². The molecule has 28 heavy (non-hydrogen) atoms. The molecule has 0 radical (unpaired) electrons. The topological polar surface area (TPSA) is 63.9 Å². The first-order chi connectivity index (χ1) is 13.3. The van der Waals surface area contributed by atoms with E-state index >= 15 is 0 Å². The number of hydrogen-bond acceptors (Lipinski definition) is 4. The molecule has 0 aliphatic carbocycles. The number of benzene rings is 1. The van der Waals surface area contributed by atoms with Crippen molar-refractivity contribution in [1.82, 2.24) is 24.6 Å². The van der Waals surface area contributed by atoms with E-state index in [1.54, 1.807) is 9.58 Å². The van der Waals surface area contributed by atoms with E-state index in [9.17, 15) is 4.79 Å². The molecule has 0 bridgehead atoms. The maximum atomic E-state index is 12.8. The zero-order valence-electron chi connectivity index (χ0n) is 17.4. The predicted molar refractivity (Wildman–Crippen MR) is 109 cm³/mol. The van der Waals surface area contributed by atoms with E-state index in [0.29, 0.717) is 18.9 Å². The fourth-order valence-corrected chi connectivity index (χ4v) is 3.34. The Hall–Kier alpha value is -3.02. The summed E-state index contributed by atoms with van der Waals surface area (Å²) in [4.78, 5) is 23.6. The first kappa shape index (κ1) is 19.7. The summed E-state index contributed by atoms with van der Waals surface area (Å²) in [5.41, 5.74) is 6.80. The Balaban J connectivity index is 1.81. The van der Waals surface area contributed by atoms with Gasteiger partial charge in [-0.25, -0.2) is 14.6 Å². The van der Waals surface area contributed by atoms with E-state index in [-0.39, 0.29) is 5.91 Å². The summed E-state index contributed by atoms with van der Waals surface area (Å²) in [5.74, 6) is 0.611. The van der Waals surface area contributed by atoms with Crippen LogP contribution in [0.3, 0.4) is 0 Å². The summed E-state index contributed by atoms with van der Waals surface area (Å²) < 4.78 is 1.74. The van der Waals surface area contributed by atoms with Gasteiger partial charge >= 0.3 is 0 Å². The highest BCUT2D eigenvalue weighted by Gasteiger charge is 2.19. The molecule has 0 saturated heterocycles. The van der Waals surface area contributed by atoms with Crippen molar-refractivity contribution in [2.24, 2.45) is 0 Å². The number of carbonyl (C=O) groups is 1. The van der Waals surface area contributed by atoms with Crippen molar-refractivity contribution >= 4 is 5.91 Å². The lowest BCUT2D eigenvalue weighted by Gasteiger charge is -2.18. The number of carbonyl (C=O) groups excluding carboxylic acids is 1. The fourth-order valence-electron chi connectivity index (χ4n) is 3.34.